The predicted octanol–water partition coefficient (Wildman–Crippen LogP) is 4.82. The molecule has 188 valence electrons. The molecule has 4 rings (SSSR count). The van der Waals surface area contributed by atoms with Crippen LogP contribution in [0.25, 0.3) is 0 Å². The summed E-state index contributed by atoms with van der Waals surface area (Å²) in [4.78, 5) is 24.6. The molecule has 0 radical (unpaired) electrons. The Morgan fingerprint density at radius 1 is 1.29 bits per heavy atom. The molecule has 0 saturated heterocycles. The first-order chi connectivity index (χ1) is 15.6. The van der Waals surface area contributed by atoms with Gasteiger partial charge in [-0.25, -0.2) is 13.2 Å². The molecule has 2 N–H and O–H groups in total. The van der Waals surface area contributed by atoms with Crippen molar-refractivity contribution in [3.05, 3.63) is 23.0 Å². The van der Waals surface area contributed by atoms with Crippen LogP contribution in [0.2, 0.25) is 0 Å². The van der Waals surface area contributed by atoms with Crippen LogP contribution >= 0.6 is 12.2 Å². The van der Waals surface area contributed by atoms with Crippen LogP contribution in [0, 0.1) is 28.6 Å². The van der Waals surface area contributed by atoms with Crippen LogP contribution in [0.3, 0.4) is 0 Å². The summed E-state index contributed by atoms with van der Waals surface area (Å²) >= 11 is 5.17. The van der Waals surface area contributed by atoms with E-state index < -0.39 is 86.8 Å². The normalized spacial score (nSPS) is 48.0. The number of carbonyl (C=O) groups is 2. The smallest absolute Gasteiger partial charge is 0.306 e. The minimum atomic E-state index is -2.49. The number of carbonyl (C=O) groups excluding carboxylic acids is 2. The standard InChI is InChI=1S/C25H31F3O5S/c1-6-17(30)33-25(21(32)34)12(3)7-13-14-8-15(26)18-19(27)20(31)11(2)9-23(18,5)24(14,28)16(29)10-22(13,25)4/h9,12-16,29H,6-8,10H2,1-5H3,(H,32,34)/t12-,13-,14-,15-,16-,22-,23-,24-,25-/m0/s1. The number of ether oxygens (including phenoxy) is 1. The molecule has 9 atom stereocenters. The Labute approximate surface area is 202 Å². The van der Waals surface area contributed by atoms with Crippen molar-refractivity contribution >= 4 is 29.0 Å². The number of ketones is 1. The van der Waals surface area contributed by atoms with E-state index in [0.717, 1.165) is 0 Å². The molecule has 0 aromatic rings. The molecule has 0 aromatic heterocycles. The van der Waals surface area contributed by atoms with Crippen LogP contribution in [0.4, 0.5) is 13.2 Å². The van der Waals surface area contributed by atoms with Crippen LogP contribution in [0.15, 0.2) is 23.0 Å². The molecule has 0 aromatic carbocycles. The zero-order chi connectivity index (χ0) is 25.6. The predicted molar refractivity (Wildman–Crippen MR) is 122 cm³/mol. The Hall–Kier alpha value is -1.74. The average molecular weight is 501 g/mol. The third kappa shape index (κ3) is 2.74. The van der Waals surface area contributed by atoms with Crippen LogP contribution in [-0.4, -0.2) is 50.6 Å². The van der Waals surface area contributed by atoms with Crippen molar-refractivity contribution in [1.82, 2.24) is 0 Å². The number of rotatable bonds is 3. The molecule has 3 saturated carbocycles. The summed E-state index contributed by atoms with van der Waals surface area (Å²) in [7, 11) is 0. The van der Waals surface area contributed by atoms with E-state index in [1.165, 1.54) is 19.9 Å². The zero-order valence-corrected chi connectivity index (χ0v) is 20.8. The first-order valence-corrected chi connectivity index (χ1v) is 12.1. The monoisotopic (exact) mass is 500 g/mol. The van der Waals surface area contributed by atoms with Crippen molar-refractivity contribution < 1.29 is 37.7 Å². The highest BCUT2D eigenvalue weighted by Crippen LogP contribution is 2.72. The number of hydrogen-bond acceptors (Lipinski definition) is 5. The van der Waals surface area contributed by atoms with Crippen molar-refractivity contribution in [2.45, 2.75) is 83.8 Å². The molecular weight excluding hydrogens is 469 g/mol. The van der Waals surface area contributed by atoms with Gasteiger partial charge in [-0.05, 0) is 56.8 Å². The van der Waals surface area contributed by atoms with E-state index in [1.54, 1.807) is 20.8 Å². The second-order valence-electron chi connectivity index (χ2n) is 10.9. The van der Waals surface area contributed by atoms with Gasteiger partial charge in [-0.1, -0.05) is 26.8 Å². The molecule has 4 aliphatic carbocycles. The molecule has 5 nitrogen and oxygen atoms in total. The number of halogens is 3. The Kier molecular flexibility index (Phi) is 5.69. The first kappa shape index (κ1) is 25.4. The number of allylic oxidation sites excluding steroid dienone is 4. The van der Waals surface area contributed by atoms with Gasteiger partial charge in [-0.3, -0.25) is 9.59 Å². The quantitative estimate of drug-likeness (QED) is 0.427. The van der Waals surface area contributed by atoms with Crippen molar-refractivity contribution in [3.8, 4) is 0 Å². The first-order valence-electron chi connectivity index (χ1n) is 11.7. The second kappa shape index (κ2) is 7.63. The number of Topliss-reactive ketones (excluding diaryl/α,β-unsaturated/α-hetero) is 1. The Bertz CT molecular complexity index is 1040. The summed E-state index contributed by atoms with van der Waals surface area (Å²) in [5.74, 6) is -5.15. The largest absolute Gasteiger partial charge is 0.499 e. The maximum Gasteiger partial charge on any atom is 0.306 e. The van der Waals surface area contributed by atoms with Crippen LogP contribution in [0.5, 0.6) is 0 Å². The molecule has 0 amide bonds. The number of fused-ring (bicyclic) bond motifs is 5. The lowest BCUT2D eigenvalue weighted by Gasteiger charge is -2.63. The molecule has 3 fully saturated rings. The maximum absolute atomic E-state index is 17.3. The van der Waals surface area contributed by atoms with Crippen LogP contribution in [-0.2, 0) is 14.3 Å². The summed E-state index contributed by atoms with van der Waals surface area (Å²) in [6.45, 7) is 7.69. The van der Waals surface area contributed by atoms with E-state index in [9.17, 15) is 19.8 Å². The van der Waals surface area contributed by atoms with E-state index in [2.05, 4.69) is 0 Å². The molecule has 0 heterocycles. The van der Waals surface area contributed by atoms with Gasteiger partial charge in [0.05, 0.1) is 11.5 Å². The van der Waals surface area contributed by atoms with E-state index in [-0.39, 0.29) is 24.8 Å². The Morgan fingerprint density at radius 2 is 1.91 bits per heavy atom. The average Bonchev–Trinajstić information content (AvgIpc) is 2.96. The van der Waals surface area contributed by atoms with Gasteiger partial charge >= 0.3 is 5.97 Å². The highest BCUT2D eigenvalue weighted by molar-refractivity contribution is 7.80. The van der Waals surface area contributed by atoms with E-state index >= 15 is 13.2 Å². The maximum atomic E-state index is 17.3. The van der Waals surface area contributed by atoms with Gasteiger partial charge in [0, 0.05) is 29.2 Å². The molecule has 0 unspecified atom stereocenters. The van der Waals surface area contributed by atoms with Crippen LogP contribution < -0.4 is 0 Å². The molecule has 9 heteroatoms. The number of aliphatic hydroxyl groups is 2. The van der Waals surface area contributed by atoms with Gasteiger partial charge in [0.2, 0.25) is 10.8 Å². The summed E-state index contributed by atoms with van der Waals surface area (Å²) in [5.41, 5.74) is -7.83. The number of alkyl halides is 2. The van der Waals surface area contributed by atoms with Gasteiger partial charge in [0.25, 0.3) is 0 Å². The van der Waals surface area contributed by atoms with Crippen molar-refractivity contribution in [2.75, 3.05) is 0 Å². The summed E-state index contributed by atoms with van der Waals surface area (Å²) in [6.07, 6.45) is -2.85. The lowest BCUT2D eigenvalue weighted by molar-refractivity contribution is -0.222. The number of hydrogen-bond donors (Lipinski definition) is 2. The van der Waals surface area contributed by atoms with Gasteiger partial charge < -0.3 is 14.9 Å². The molecule has 0 aliphatic heterocycles. The van der Waals surface area contributed by atoms with Gasteiger partial charge in [0.1, 0.15) is 6.17 Å². The van der Waals surface area contributed by atoms with Gasteiger partial charge in [-0.15, -0.1) is 0 Å². The summed E-state index contributed by atoms with van der Waals surface area (Å²) < 4.78 is 53.7. The van der Waals surface area contributed by atoms with Crippen molar-refractivity contribution in [3.63, 3.8) is 0 Å². The number of esters is 1. The fraction of sp³-hybridized carbons (Fsp3) is 0.720. The van der Waals surface area contributed by atoms with E-state index in [1.807, 2.05) is 0 Å². The second-order valence-corrected chi connectivity index (χ2v) is 11.3. The van der Waals surface area contributed by atoms with Gasteiger partial charge in [0.15, 0.2) is 17.1 Å². The molecule has 0 spiro atoms. The topological polar surface area (TPSA) is 83.8 Å². The third-order valence-electron chi connectivity index (χ3n) is 9.41. The fourth-order valence-corrected chi connectivity index (χ4v) is 8.38. The fourth-order valence-electron chi connectivity index (χ4n) is 7.90. The molecular formula is C25H31F3O5S. The minimum Gasteiger partial charge on any atom is -0.499 e. The minimum absolute atomic E-state index is 0.0209. The Morgan fingerprint density at radius 3 is 2.47 bits per heavy atom. The molecule has 0 bridgehead atoms. The molecule has 34 heavy (non-hydrogen) atoms. The summed E-state index contributed by atoms with van der Waals surface area (Å²) in [6, 6.07) is 0. The lowest BCUT2D eigenvalue weighted by Crippen LogP contribution is -2.71. The zero-order valence-electron chi connectivity index (χ0n) is 20.0. The van der Waals surface area contributed by atoms with Crippen molar-refractivity contribution in [2.24, 2.45) is 28.6 Å². The highest BCUT2D eigenvalue weighted by atomic mass is 32.1. The number of aliphatic hydroxyl groups excluding tert-OH is 2. The SMILES string of the molecule is CCC(=O)O[C@]1(C(O)=S)[C@@H](C)C[C@H]2[C@@H]3C[C@H](F)C4=C(F)C(=O)C(C)=C[C@]4(C)[C@@]3(F)[C@@H](O)C[C@@]21C. The van der Waals surface area contributed by atoms with Gasteiger partial charge in [-0.2, -0.15) is 0 Å². The molecule has 4 aliphatic rings. The van der Waals surface area contributed by atoms with E-state index in [4.69, 9.17) is 17.0 Å². The van der Waals surface area contributed by atoms with E-state index in [0.29, 0.717) is 0 Å². The lowest BCUT2D eigenvalue weighted by atomic mass is 9.44. The highest BCUT2D eigenvalue weighted by Gasteiger charge is 2.78. The summed E-state index contributed by atoms with van der Waals surface area (Å²) in [5, 5.41) is 21.5. The van der Waals surface area contributed by atoms with Crippen molar-refractivity contribution in [1.29, 1.82) is 0 Å². The Balaban J connectivity index is 1.91. The number of thiocarbonyl (C=S) groups is 1. The third-order valence-corrected chi connectivity index (χ3v) is 9.71. The van der Waals surface area contributed by atoms with Crippen LogP contribution in [0.1, 0.15) is 60.3 Å².